The molecular weight excluding hydrogens is 325 g/mol. The second kappa shape index (κ2) is 9.09. The van der Waals surface area contributed by atoms with E-state index < -0.39 is 0 Å². The van der Waals surface area contributed by atoms with Gasteiger partial charge in [0.25, 0.3) is 0 Å². The Bertz CT molecular complexity index is 792. The molecule has 136 valence electrons. The minimum Gasteiger partial charge on any atom is -0.401 e. The fraction of sp³-hybridized carbons (Fsp3) is 0.273. The molecule has 0 bridgehead atoms. The number of nitrogens with two attached hydrogens (primary N) is 1. The molecule has 26 heavy (non-hydrogen) atoms. The number of hydrogen-bond acceptors (Lipinski definition) is 3. The quantitative estimate of drug-likeness (QED) is 0.508. The van der Waals surface area contributed by atoms with E-state index in [0.29, 0.717) is 40.6 Å². The minimum atomic E-state index is -0.283. The number of benzene rings is 1. The van der Waals surface area contributed by atoms with Crippen molar-refractivity contribution in [1.29, 1.82) is 0 Å². The van der Waals surface area contributed by atoms with Crippen molar-refractivity contribution in [2.24, 2.45) is 15.7 Å². The largest absolute Gasteiger partial charge is 0.401 e. The molecule has 2 N–H and O–H groups in total. The molecule has 1 aromatic rings. The highest BCUT2D eigenvalue weighted by molar-refractivity contribution is 6.09. The maximum Gasteiger partial charge on any atom is 0.136 e. The van der Waals surface area contributed by atoms with Crippen molar-refractivity contribution in [3.05, 3.63) is 83.6 Å². The Kier molecular flexibility index (Phi) is 6.84. The van der Waals surface area contributed by atoms with Crippen molar-refractivity contribution in [2.45, 2.75) is 38.5 Å². The highest BCUT2D eigenvalue weighted by Crippen LogP contribution is 2.40. The summed E-state index contributed by atoms with van der Waals surface area (Å²) in [7, 11) is 0. The lowest BCUT2D eigenvalue weighted by Gasteiger charge is -2.29. The molecule has 0 aromatic heterocycles. The highest BCUT2D eigenvalue weighted by atomic mass is 19.1. The molecule has 0 heterocycles. The summed E-state index contributed by atoms with van der Waals surface area (Å²) in [6.45, 7) is 12.8. The van der Waals surface area contributed by atoms with Gasteiger partial charge in [0.05, 0.1) is 5.71 Å². The predicted molar refractivity (Wildman–Crippen MR) is 109 cm³/mol. The van der Waals surface area contributed by atoms with Crippen LogP contribution in [0.2, 0.25) is 0 Å². The van der Waals surface area contributed by atoms with Gasteiger partial charge in [-0.25, -0.2) is 4.39 Å². The molecule has 1 saturated carbocycles. The Balaban J connectivity index is 2.57. The monoisotopic (exact) mass is 351 g/mol. The Labute approximate surface area is 155 Å². The number of aliphatic imine (C=N–C) groups is 2. The normalized spacial score (nSPS) is 16.2. The van der Waals surface area contributed by atoms with Gasteiger partial charge in [-0.2, -0.15) is 0 Å². The first-order chi connectivity index (χ1) is 12.5. The summed E-state index contributed by atoms with van der Waals surface area (Å²) in [5, 5.41) is 0. The fourth-order valence-corrected chi connectivity index (χ4v) is 3.00. The Morgan fingerprint density at radius 1 is 1.35 bits per heavy atom. The van der Waals surface area contributed by atoms with E-state index in [9.17, 15) is 0 Å². The number of halogens is 1. The summed E-state index contributed by atoms with van der Waals surface area (Å²) >= 11 is 0. The lowest BCUT2D eigenvalue weighted by atomic mass is 9.77. The summed E-state index contributed by atoms with van der Waals surface area (Å²) in [6, 6.07) is 3.79. The van der Waals surface area contributed by atoms with Crippen LogP contribution in [-0.4, -0.2) is 12.4 Å². The molecule has 0 spiro atoms. The third-order valence-electron chi connectivity index (χ3n) is 4.57. The molecule has 0 aliphatic heterocycles. The zero-order chi connectivity index (χ0) is 19.1. The lowest BCUT2D eigenvalue weighted by Crippen LogP contribution is -2.15. The molecule has 1 aliphatic rings. The first-order valence-electron chi connectivity index (χ1n) is 8.74. The summed E-state index contributed by atoms with van der Waals surface area (Å²) in [5.41, 5.74) is 9.43. The van der Waals surface area contributed by atoms with Crippen LogP contribution < -0.4 is 5.73 Å². The fourth-order valence-electron chi connectivity index (χ4n) is 3.00. The predicted octanol–water partition coefficient (Wildman–Crippen LogP) is 5.20. The van der Waals surface area contributed by atoms with Crippen LogP contribution in [0.4, 0.5) is 4.39 Å². The van der Waals surface area contributed by atoms with E-state index in [4.69, 9.17) is 5.73 Å². The van der Waals surface area contributed by atoms with Gasteiger partial charge in [0.2, 0.25) is 0 Å². The molecule has 0 amide bonds. The van der Waals surface area contributed by atoms with Crippen LogP contribution in [0.3, 0.4) is 0 Å². The second-order valence-electron chi connectivity index (χ2n) is 6.44. The Morgan fingerprint density at radius 2 is 2.08 bits per heavy atom. The Morgan fingerprint density at radius 3 is 2.58 bits per heavy atom. The molecule has 4 heteroatoms. The summed E-state index contributed by atoms with van der Waals surface area (Å²) < 4.78 is 15.5. The van der Waals surface area contributed by atoms with Crippen molar-refractivity contribution in [3.8, 4) is 0 Å². The average molecular weight is 351 g/mol. The maximum atomic E-state index is 15.5. The van der Waals surface area contributed by atoms with Crippen LogP contribution in [0.25, 0.3) is 0 Å². The number of rotatable bonds is 8. The molecule has 0 saturated heterocycles. The first kappa shape index (κ1) is 19.6. The molecule has 0 atom stereocenters. The molecule has 1 aromatic carbocycles. The molecule has 1 fully saturated rings. The van der Waals surface area contributed by atoms with Crippen LogP contribution in [0.15, 0.2) is 71.1 Å². The molecule has 2 rings (SSSR count). The maximum absolute atomic E-state index is 15.5. The zero-order valence-electron chi connectivity index (χ0n) is 15.3. The topological polar surface area (TPSA) is 50.7 Å². The van der Waals surface area contributed by atoms with Crippen molar-refractivity contribution in [2.75, 3.05) is 0 Å². The third kappa shape index (κ3) is 4.45. The number of allylic oxidation sites excluding steroid dienone is 5. The highest BCUT2D eigenvalue weighted by Gasteiger charge is 2.26. The standard InChI is InChI=1S/C22H26FN3/c1-5-8-17(25-4)13-20-18(16-9-7-10-16)11-12-19(22(20)23)21(6-2)26-14-15(3)24/h5-6,8,11-12,14,16H,1-2,4,7,9-10,13,24H2,3H3/b15-14+,17-8-,26-21+. The van der Waals surface area contributed by atoms with E-state index in [0.717, 1.165) is 18.4 Å². The van der Waals surface area contributed by atoms with Crippen molar-refractivity contribution < 1.29 is 4.39 Å². The van der Waals surface area contributed by atoms with Gasteiger partial charge in [-0.15, -0.1) is 0 Å². The molecule has 0 unspecified atom stereocenters. The van der Waals surface area contributed by atoms with Gasteiger partial charge in [-0.3, -0.25) is 9.98 Å². The smallest absolute Gasteiger partial charge is 0.136 e. The number of nitrogens with zero attached hydrogens (tertiary/aromatic N) is 2. The minimum absolute atomic E-state index is 0.283. The first-order valence-corrected chi connectivity index (χ1v) is 8.74. The van der Waals surface area contributed by atoms with E-state index in [-0.39, 0.29) is 5.82 Å². The van der Waals surface area contributed by atoms with Gasteiger partial charge >= 0.3 is 0 Å². The van der Waals surface area contributed by atoms with Crippen molar-refractivity contribution in [3.63, 3.8) is 0 Å². The second-order valence-corrected chi connectivity index (χ2v) is 6.44. The SMILES string of the molecule is C=C/C=C(/Cc1c(C2CCC2)ccc(/C(C=C)=N/C=C(\C)N)c1F)N=C. The van der Waals surface area contributed by atoms with Gasteiger partial charge in [0.1, 0.15) is 5.82 Å². The van der Waals surface area contributed by atoms with Crippen molar-refractivity contribution >= 4 is 12.4 Å². The van der Waals surface area contributed by atoms with Crippen molar-refractivity contribution in [1.82, 2.24) is 0 Å². The Hall–Kier alpha value is -2.75. The average Bonchev–Trinajstić information content (AvgIpc) is 2.57. The van der Waals surface area contributed by atoms with E-state index in [1.807, 2.05) is 6.07 Å². The van der Waals surface area contributed by atoms with E-state index in [2.05, 4.69) is 29.9 Å². The van der Waals surface area contributed by atoms with Crippen LogP contribution in [0.1, 0.15) is 48.8 Å². The van der Waals surface area contributed by atoms with Crippen LogP contribution >= 0.6 is 0 Å². The molecular formula is C22H26FN3. The molecule has 3 nitrogen and oxygen atoms in total. The van der Waals surface area contributed by atoms with E-state index in [1.54, 1.807) is 25.1 Å². The van der Waals surface area contributed by atoms with Gasteiger partial charge < -0.3 is 5.73 Å². The van der Waals surface area contributed by atoms with Crippen LogP contribution in [0, 0.1) is 5.82 Å². The number of hydrogen-bond donors (Lipinski definition) is 1. The van der Waals surface area contributed by atoms with Gasteiger partial charge in [-0.1, -0.05) is 31.7 Å². The van der Waals surface area contributed by atoms with Gasteiger partial charge in [0, 0.05) is 29.6 Å². The third-order valence-corrected chi connectivity index (χ3v) is 4.57. The van der Waals surface area contributed by atoms with Crippen LogP contribution in [-0.2, 0) is 6.42 Å². The lowest BCUT2D eigenvalue weighted by molar-refractivity contribution is 0.415. The molecule has 0 radical (unpaired) electrons. The zero-order valence-corrected chi connectivity index (χ0v) is 15.3. The van der Waals surface area contributed by atoms with Gasteiger partial charge in [0.15, 0.2) is 0 Å². The summed E-state index contributed by atoms with van der Waals surface area (Å²) in [4.78, 5) is 8.27. The van der Waals surface area contributed by atoms with Gasteiger partial charge in [-0.05, 0) is 61.7 Å². The molecule has 1 aliphatic carbocycles. The summed E-state index contributed by atoms with van der Waals surface area (Å²) in [6.07, 6.45) is 10.2. The van der Waals surface area contributed by atoms with E-state index in [1.165, 1.54) is 18.7 Å². The van der Waals surface area contributed by atoms with Crippen LogP contribution in [0.5, 0.6) is 0 Å². The van der Waals surface area contributed by atoms with E-state index >= 15 is 4.39 Å². The summed E-state index contributed by atoms with van der Waals surface area (Å²) in [5.74, 6) is 0.119.